The Bertz CT molecular complexity index is 1180. The predicted octanol–water partition coefficient (Wildman–Crippen LogP) is 5.11. The van der Waals surface area contributed by atoms with Crippen LogP contribution >= 0.6 is 0 Å². The second-order valence-electron chi connectivity index (χ2n) is 8.59. The molecule has 8 heteroatoms. The third-order valence-electron chi connectivity index (χ3n) is 5.59. The van der Waals surface area contributed by atoms with Gasteiger partial charge in [0, 0.05) is 34.9 Å². The van der Waals surface area contributed by atoms with Crippen LogP contribution in [0.3, 0.4) is 0 Å². The highest BCUT2D eigenvalue weighted by Crippen LogP contribution is 2.31. The van der Waals surface area contributed by atoms with Crippen LogP contribution in [-0.2, 0) is 0 Å². The van der Waals surface area contributed by atoms with E-state index in [4.69, 9.17) is 41.9 Å². The summed E-state index contributed by atoms with van der Waals surface area (Å²) in [5.41, 5.74) is 26.1. The van der Waals surface area contributed by atoms with Crippen molar-refractivity contribution in [3.05, 3.63) is 97.1 Å². The molecule has 0 fully saturated rings. The molecule has 0 radical (unpaired) electrons. The minimum atomic E-state index is -1.15. The third-order valence-corrected chi connectivity index (χ3v) is 5.59. The molecule has 0 bridgehead atoms. The Balaban J connectivity index is 1.58. The summed E-state index contributed by atoms with van der Waals surface area (Å²) in [6, 6.07) is 28.8. The van der Waals surface area contributed by atoms with Crippen molar-refractivity contribution in [2.45, 2.75) is 18.6 Å². The van der Waals surface area contributed by atoms with Crippen molar-refractivity contribution in [2.24, 2.45) is 0 Å². The molecule has 4 aromatic rings. The standard InChI is InChI=1S/C29H32N4O4/c30-21-7-11-25(12-8-21)36-29(37-26-13-9-22(31)10-14-26,15-17-34-27-5-1-3-23(32)19-27)16-18-35-28-6-2-4-24(33)20-28/h1-14,19-20H,15-18,30-33H2. The summed E-state index contributed by atoms with van der Waals surface area (Å²) in [5.74, 6) is 1.36. The van der Waals surface area contributed by atoms with Crippen molar-refractivity contribution < 1.29 is 18.9 Å². The Morgan fingerprint density at radius 3 is 1.24 bits per heavy atom. The van der Waals surface area contributed by atoms with Crippen LogP contribution in [-0.4, -0.2) is 19.0 Å². The average molecular weight is 501 g/mol. The molecule has 8 nitrogen and oxygen atoms in total. The van der Waals surface area contributed by atoms with Crippen LogP contribution in [0.2, 0.25) is 0 Å². The first-order chi connectivity index (χ1) is 17.9. The monoisotopic (exact) mass is 500 g/mol. The van der Waals surface area contributed by atoms with E-state index < -0.39 is 5.79 Å². The summed E-state index contributed by atoms with van der Waals surface area (Å²) < 4.78 is 25.0. The fraction of sp³-hybridized carbons (Fsp3) is 0.172. The fourth-order valence-electron chi connectivity index (χ4n) is 3.71. The largest absolute Gasteiger partial charge is 0.493 e. The van der Waals surface area contributed by atoms with Crippen molar-refractivity contribution in [1.29, 1.82) is 0 Å². The molecule has 0 saturated carbocycles. The second kappa shape index (κ2) is 11.8. The van der Waals surface area contributed by atoms with Gasteiger partial charge >= 0.3 is 0 Å². The van der Waals surface area contributed by atoms with Crippen molar-refractivity contribution in [1.82, 2.24) is 0 Å². The van der Waals surface area contributed by atoms with Crippen molar-refractivity contribution in [2.75, 3.05) is 36.1 Å². The molecule has 192 valence electrons. The molecule has 0 unspecified atom stereocenters. The molecule has 0 saturated heterocycles. The lowest BCUT2D eigenvalue weighted by molar-refractivity contribution is -0.135. The Hall–Kier alpha value is -4.72. The zero-order valence-corrected chi connectivity index (χ0v) is 20.5. The van der Waals surface area contributed by atoms with E-state index in [0.29, 0.717) is 71.8 Å². The summed E-state index contributed by atoms with van der Waals surface area (Å²) >= 11 is 0. The molecule has 8 N–H and O–H groups in total. The molecular formula is C29H32N4O4. The molecule has 0 aliphatic carbocycles. The maximum Gasteiger partial charge on any atom is 0.257 e. The summed E-state index contributed by atoms with van der Waals surface area (Å²) in [6.07, 6.45) is 0.744. The van der Waals surface area contributed by atoms with Crippen LogP contribution in [0.15, 0.2) is 97.1 Å². The first kappa shape index (κ1) is 25.4. The molecule has 0 spiro atoms. The number of benzene rings is 4. The lowest BCUT2D eigenvalue weighted by atomic mass is 10.1. The summed E-state index contributed by atoms with van der Waals surface area (Å²) in [7, 11) is 0. The lowest BCUT2D eigenvalue weighted by Gasteiger charge is -2.35. The maximum atomic E-state index is 6.50. The number of nitrogen functional groups attached to an aromatic ring is 4. The van der Waals surface area contributed by atoms with E-state index >= 15 is 0 Å². The molecule has 0 aliphatic heterocycles. The van der Waals surface area contributed by atoms with Gasteiger partial charge in [0.15, 0.2) is 0 Å². The lowest BCUT2D eigenvalue weighted by Crippen LogP contribution is -2.45. The number of anilines is 4. The molecule has 0 aliphatic rings. The highest BCUT2D eigenvalue weighted by atomic mass is 16.7. The Morgan fingerprint density at radius 1 is 0.459 bits per heavy atom. The quantitative estimate of drug-likeness (QED) is 0.155. The topological polar surface area (TPSA) is 141 Å². The Kier molecular flexibility index (Phi) is 8.10. The van der Waals surface area contributed by atoms with E-state index in [1.54, 1.807) is 72.8 Å². The van der Waals surface area contributed by atoms with Gasteiger partial charge in [-0.1, -0.05) is 12.1 Å². The molecule has 4 aromatic carbocycles. The van der Waals surface area contributed by atoms with Crippen LogP contribution in [0.1, 0.15) is 12.8 Å². The fourth-order valence-corrected chi connectivity index (χ4v) is 3.71. The Labute approximate surface area is 216 Å². The number of ether oxygens (including phenoxy) is 4. The number of hydrogen-bond donors (Lipinski definition) is 4. The van der Waals surface area contributed by atoms with Gasteiger partial charge in [-0.15, -0.1) is 0 Å². The van der Waals surface area contributed by atoms with Gasteiger partial charge in [0.25, 0.3) is 5.79 Å². The minimum absolute atomic E-state index is 0.297. The van der Waals surface area contributed by atoms with Crippen LogP contribution in [0.5, 0.6) is 23.0 Å². The average Bonchev–Trinajstić information content (AvgIpc) is 2.87. The minimum Gasteiger partial charge on any atom is -0.493 e. The van der Waals surface area contributed by atoms with Crippen LogP contribution < -0.4 is 41.9 Å². The molecular weight excluding hydrogens is 468 g/mol. The van der Waals surface area contributed by atoms with E-state index in [2.05, 4.69) is 0 Å². The van der Waals surface area contributed by atoms with E-state index in [-0.39, 0.29) is 0 Å². The molecule has 0 amide bonds. The molecule has 0 atom stereocenters. The van der Waals surface area contributed by atoms with E-state index in [1.165, 1.54) is 0 Å². The normalized spacial score (nSPS) is 11.0. The van der Waals surface area contributed by atoms with Crippen LogP contribution in [0.4, 0.5) is 22.7 Å². The van der Waals surface area contributed by atoms with Gasteiger partial charge in [0.1, 0.15) is 23.0 Å². The summed E-state index contributed by atoms with van der Waals surface area (Å²) in [5, 5.41) is 0. The van der Waals surface area contributed by atoms with Gasteiger partial charge in [-0.3, -0.25) is 0 Å². The van der Waals surface area contributed by atoms with Gasteiger partial charge in [0.2, 0.25) is 0 Å². The molecule has 0 heterocycles. The third kappa shape index (κ3) is 7.63. The van der Waals surface area contributed by atoms with Gasteiger partial charge in [-0.2, -0.15) is 0 Å². The molecule has 0 aromatic heterocycles. The van der Waals surface area contributed by atoms with Crippen LogP contribution in [0, 0.1) is 0 Å². The zero-order chi connectivity index (χ0) is 26.1. The first-order valence-electron chi connectivity index (χ1n) is 11.9. The highest BCUT2D eigenvalue weighted by Gasteiger charge is 2.36. The number of rotatable bonds is 12. The molecule has 4 rings (SSSR count). The van der Waals surface area contributed by atoms with Crippen molar-refractivity contribution >= 4 is 22.7 Å². The van der Waals surface area contributed by atoms with E-state index in [9.17, 15) is 0 Å². The van der Waals surface area contributed by atoms with Crippen molar-refractivity contribution in [3.8, 4) is 23.0 Å². The first-order valence-corrected chi connectivity index (χ1v) is 11.9. The molecule has 37 heavy (non-hydrogen) atoms. The Morgan fingerprint density at radius 2 is 0.865 bits per heavy atom. The number of nitrogens with two attached hydrogens (primary N) is 4. The maximum absolute atomic E-state index is 6.50. The van der Waals surface area contributed by atoms with Crippen LogP contribution in [0.25, 0.3) is 0 Å². The van der Waals surface area contributed by atoms with Gasteiger partial charge in [-0.05, 0) is 72.8 Å². The summed E-state index contributed by atoms with van der Waals surface area (Å²) in [6.45, 7) is 0.595. The van der Waals surface area contributed by atoms with Gasteiger partial charge in [-0.25, -0.2) is 0 Å². The van der Waals surface area contributed by atoms with E-state index in [1.807, 2.05) is 24.3 Å². The second-order valence-corrected chi connectivity index (χ2v) is 8.59. The van der Waals surface area contributed by atoms with Crippen molar-refractivity contribution in [3.63, 3.8) is 0 Å². The number of hydrogen-bond acceptors (Lipinski definition) is 8. The smallest absolute Gasteiger partial charge is 0.257 e. The summed E-state index contributed by atoms with van der Waals surface area (Å²) in [4.78, 5) is 0. The highest BCUT2D eigenvalue weighted by molar-refractivity contribution is 5.45. The van der Waals surface area contributed by atoms with Gasteiger partial charge in [0.05, 0.1) is 26.1 Å². The SMILES string of the molecule is Nc1ccc(OC(CCOc2cccc(N)c2)(CCOc2cccc(N)c2)Oc2ccc(N)cc2)cc1. The predicted molar refractivity (Wildman–Crippen MR) is 148 cm³/mol. The van der Waals surface area contributed by atoms with Gasteiger partial charge < -0.3 is 41.9 Å². The zero-order valence-electron chi connectivity index (χ0n) is 20.5. The van der Waals surface area contributed by atoms with E-state index in [0.717, 1.165) is 0 Å².